The number of hydrogen-bond acceptors (Lipinski definition) is 3. The van der Waals surface area contributed by atoms with Crippen LogP contribution in [0.5, 0.6) is 0 Å². The number of nitrogens with zero attached hydrogens (tertiary/aromatic N) is 1. The van der Waals surface area contributed by atoms with Crippen LogP contribution in [0.4, 0.5) is 19.0 Å². The Hall–Kier alpha value is -2.22. The lowest BCUT2D eigenvalue weighted by Gasteiger charge is -2.29. The highest BCUT2D eigenvalue weighted by Crippen LogP contribution is 2.30. The SMILES string of the molecule is Cc1cc(NCC2CCC(NC(=O)c3c(F)c(C)c(F)c(F)c3Cl)CC2)n[nH]1. The molecule has 0 radical (unpaired) electrons. The number of aromatic amines is 1. The molecular weight excluding hydrogens is 393 g/mol. The van der Waals surface area contributed by atoms with Crippen LogP contribution in [0.15, 0.2) is 6.07 Å². The second kappa shape index (κ2) is 8.43. The molecule has 1 aliphatic carbocycles. The fraction of sp³-hybridized carbons (Fsp3) is 0.474. The molecule has 0 bridgehead atoms. The third-order valence-electron chi connectivity index (χ3n) is 5.17. The van der Waals surface area contributed by atoms with Gasteiger partial charge in [0.25, 0.3) is 5.91 Å². The molecule has 0 saturated heterocycles. The van der Waals surface area contributed by atoms with E-state index in [0.29, 0.717) is 18.8 Å². The second-order valence-corrected chi connectivity index (χ2v) is 7.64. The fourth-order valence-corrected chi connectivity index (χ4v) is 3.73. The van der Waals surface area contributed by atoms with Crippen molar-refractivity contribution in [2.45, 2.75) is 45.6 Å². The van der Waals surface area contributed by atoms with E-state index in [2.05, 4.69) is 20.8 Å². The van der Waals surface area contributed by atoms with Crippen LogP contribution in [0.3, 0.4) is 0 Å². The number of amides is 1. The van der Waals surface area contributed by atoms with Gasteiger partial charge in [-0.25, -0.2) is 13.2 Å². The monoisotopic (exact) mass is 414 g/mol. The summed E-state index contributed by atoms with van der Waals surface area (Å²) in [6, 6.07) is 1.76. The van der Waals surface area contributed by atoms with E-state index in [1.54, 1.807) is 0 Å². The maximum atomic E-state index is 14.3. The van der Waals surface area contributed by atoms with Crippen LogP contribution in [0.1, 0.15) is 47.3 Å². The number of carbonyl (C=O) groups excluding carboxylic acids is 1. The maximum absolute atomic E-state index is 14.3. The van der Waals surface area contributed by atoms with Gasteiger partial charge >= 0.3 is 0 Å². The Morgan fingerprint density at radius 1 is 1.18 bits per heavy atom. The Kier molecular flexibility index (Phi) is 6.17. The quantitative estimate of drug-likeness (QED) is 0.498. The fourth-order valence-electron chi connectivity index (χ4n) is 3.48. The average molecular weight is 415 g/mol. The summed E-state index contributed by atoms with van der Waals surface area (Å²) in [5.41, 5.74) is -0.224. The lowest BCUT2D eigenvalue weighted by atomic mass is 9.86. The largest absolute Gasteiger partial charge is 0.368 e. The molecule has 1 heterocycles. The number of nitrogens with one attached hydrogen (secondary N) is 3. The van der Waals surface area contributed by atoms with Crippen molar-refractivity contribution < 1.29 is 18.0 Å². The first-order valence-electron chi connectivity index (χ1n) is 9.17. The van der Waals surface area contributed by atoms with Crippen LogP contribution in [-0.2, 0) is 0 Å². The smallest absolute Gasteiger partial charge is 0.256 e. The summed E-state index contributed by atoms with van der Waals surface area (Å²) in [7, 11) is 0. The van der Waals surface area contributed by atoms with Crippen molar-refractivity contribution in [1.29, 1.82) is 0 Å². The van der Waals surface area contributed by atoms with Gasteiger partial charge in [0.05, 0.1) is 10.6 Å². The van der Waals surface area contributed by atoms with Gasteiger partial charge in [0, 0.05) is 29.9 Å². The summed E-state index contributed by atoms with van der Waals surface area (Å²) in [5.74, 6) is -3.51. The molecular formula is C19H22ClF3N4O. The summed E-state index contributed by atoms with van der Waals surface area (Å²) >= 11 is 5.68. The zero-order valence-corrected chi connectivity index (χ0v) is 16.4. The third-order valence-corrected chi connectivity index (χ3v) is 5.52. The highest BCUT2D eigenvalue weighted by Gasteiger charge is 2.29. The number of anilines is 1. The Labute approximate surface area is 166 Å². The Morgan fingerprint density at radius 2 is 1.86 bits per heavy atom. The average Bonchev–Trinajstić information content (AvgIpc) is 3.09. The maximum Gasteiger partial charge on any atom is 0.256 e. The first-order chi connectivity index (χ1) is 13.3. The molecule has 0 spiro atoms. The summed E-state index contributed by atoms with van der Waals surface area (Å²) in [4.78, 5) is 12.4. The molecule has 1 aromatic heterocycles. The number of carbonyl (C=O) groups is 1. The van der Waals surface area contributed by atoms with Gasteiger partial charge in [0.2, 0.25) is 0 Å². The zero-order chi connectivity index (χ0) is 20.4. The van der Waals surface area contributed by atoms with Crippen LogP contribution in [-0.4, -0.2) is 28.7 Å². The van der Waals surface area contributed by atoms with E-state index < -0.39 is 39.5 Å². The molecule has 1 amide bonds. The van der Waals surface area contributed by atoms with Crippen molar-refractivity contribution >= 4 is 23.3 Å². The number of hydrogen-bond donors (Lipinski definition) is 3. The normalized spacial score (nSPS) is 19.5. The molecule has 28 heavy (non-hydrogen) atoms. The van der Waals surface area contributed by atoms with Crippen molar-refractivity contribution in [3.05, 3.63) is 45.4 Å². The number of rotatable bonds is 5. The van der Waals surface area contributed by atoms with Crippen LogP contribution in [0.25, 0.3) is 0 Å². The van der Waals surface area contributed by atoms with Gasteiger partial charge in [-0.1, -0.05) is 11.6 Å². The van der Waals surface area contributed by atoms with Crippen LogP contribution >= 0.6 is 11.6 Å². The highest BCUT2D eigenvalue weighted by molar-refractivity contribution is 6.34. The molecule has 1 saturated carbocycles. The van der Waals surface area contributed by atoms with E-state index in [1.165, 1.54) is 0 Å². The van der Waals surface area contributed by atoms with Gasteiger partial charge in [-0.3, -0.25) is 9.89 Å². The first-order valence-corrected chi connectivity index (χ1v) is 9.55. The van der Waals surface area contributed by atoms with E-state index in [0.717, 1.165) is 37.8 Å². The van der Waals surface area contributed by atoms with Gasteiger partial charge < -0.3 is 10.6 Å². The highest BCUT2D eigenvalue weighted by atomic mass is 35.5. The van der Waals surface area contributed by atoms with E-state index in [9.17, 15) is 18.0 Å². The van der Waals surface area contributed by atoms with Gasteiger partial charge in [-0.05, 0) is 45.4 Å². The summed E-state index contributed by atoms with van der Waals surface area (Å²) in [6.07, 6.45) is 3.15. The van der Waals surface area contributed by atoms with Crippen molar-refractivity contribution in [2.24, 2.45) is 5.92 Å². The standard InChI is InChI=1S/C19H22ClF3N4O/c1-9-7-13(27-26-9)24-8-11-3-5-12(6-4-11)25-19(28)14-15(20)18(23)17(22)10(2)16(14)21/h7,11-12H,3-6,8H2,1-2H3,(H,25,28)(H2,24,26,27). The summed E-state index contributed by atoms with van der Waals surface area (Å²) in [5, 5.41) is 12.1. The molecule has 3 N–H and O–H groups in total. The van der Waals surface area contributed by atoms with E-state index >= 15 is 0 Å². The van der Waals surface area contributed by atoms with E-state index in [1.807, 2.05) is 13.0 Å². The Bertz CT molecular complexity index is 849. The minimum atomic E-state index is -1.41. The molecule has 152 valence electrons. The molecule has 0 aliphatic heterocycles. The van der Waals surface area contributed by atoms with Crippen molar-refractivity contribution in [2.75, 3.05) is 11.9 Å². The van der Waals surface area contributed by atoms with Crippen LogP contribution < -0.4 is 10.6 Å². The lowest BCUT2D eigenvalue weighted by Crippen LogP contribution is -2.39. The zero-order valence-electron chi connectivity index (χ0n) is 15.6. The number of halogens is 4. The molecule has 1 aliphatic rings. The minimum Gasteiger partial charge on any atom is -0.368 e. The number of H-pyrrole nitrogens is 1. The van der Waals surface area contributed by atoms with Crippen LogP contribution in [0, 0.1) is 37.2 Å². The van der Waals surface area contributed by atoms with E-state index in [-0.39, 0.29) is 6.04 Å². The van der Waals surface area contributed by atoms with Crippen molar-refractivity contribution in [3.8, 4) is 0 Å². The number of aryl methyl sites for hydroxylation is 1. The Morgan fingerprint density at radius 3 is 2.46 bits per heavy atom. The van der Waals surface area contributed by atoms with Crippen LogP contribution in [0.2, 0.25) is 5.02 Å². The summed E-state index contributed by atoms with van der Waals surface area (Å²) in [6.45, 7) is 3.77. The third kappa shape index (κ3) is 4.27. The van der Waals surface area contributed by atoms with Gasteiger partial charge in [-0.2, -0.15) is 5.10 Å². The predicted molar refractivity (Wildman–Crippen MR) is 101 cm³/mol. The van der Waals surface area contributed by atoms with Gasteiger partial charge in [-0.15, -0.1) is 0 Å². The number of aromatic nitrogens is 2. The molecule has 1 aromatic carbocycles. The van der Waals surface area contributed by atoms with Gasteiger partial charge in [0.15, 0.2) is 11.6 Å². The Balaban J connectivity index is 1.55. The lowest BCUT2D eigenvalue weighted by molar-refractivity contribution is 0.0918. The van der Waals surface area contributed by atoms with Crippen molar-refractivity contribution in [3.63, 3.8) is 0 Å². The second-order valence-electron chi connectivity index (χ2n) is 7.26. The van der Waals surface area contributed by atoms with Crippen molar-refractivity contribution in [1.82, 2.24) is 15.5 Å². The molecule has 0 atom stereocenters. The predicted octanol–water partition coefficient (Wildman–Crippen LogP) is 4.50. The minimum absolute atomic E-state index is 0.166. The molecule has 3 rings (SSSR count). The topological polar surface area (TPSA) is 69.8 Å². The molecule has 5 nitrogen and oxygen atoms in total. The summed E-state index contributed by atoms with van der Waals surface area (Å²) < 4.78 is 41.6. The van der Waals surface area contributed by atoms with Gasteiger partial charge in [0.1, 0.15) is 11.6 Å². The molecule has 2 aromatic rings. The number of benzene rings is 1. The van der Waals surface area contributed by atoms with E-state index in [4.69, 9.17) is 11.6 Å². The molecule has 1 fully saturated rings. The molecule has 0 unspecified atom stereocenters. The first kappa shape index (κ1) is 20.5. The molecule has 9 heteroatoms.